The third kappa shape index (κ3) is 5.48. The fourth-order valence-electron chi connectivity index (χ4n) is 1.46. The Kier molecular flexibility index (Phi) is 6.11. The van der Waals surface area contributed by atoms with Crippen molar-refractivity contribution in [3.63, 3.8) is 0 Å². The summed E-state index contributed by atoms with van der Waals surface area (Å²) >= 11 is 5.47. The van der Waals surface area contributed by atoms with Crippen LogP contribution >= 0.6 is 11.6 Å². The van der Waals surface area contributed by atoms with Crippen LogP contribution < -0.4 is 10.0 Å². The van der Waals surface area contributed by atoms with E-state index in [1.165, 1.54) is 6.07 Å². The van der Waals surface area contributed by atoms with Crippen molar-refractivity contribution in [2.75, 3.05) is 22.9 Å². The summed E-state index contributed by atoms with van der Waals surface area (Å²) in [6.07, 6.45) is 0.382. The number of rotatable bonds is 7. The molecule has 0 fully saturated rings. The Morgan fingerprint density at radius 2 is 2.11 bits per heavy atom. The highest BCUT2D eigenvalue weighted by Crippen LogP contribution is 2.13. The van der Waals surface area contributed by atoms with Crippen molar-refractivity contribution in [2.24, 2.45) is 0 Å². The third-order valence-corrected chi connectivity index (χ3v) is 3.92. The average Bonchev–Trinajstić information content (AvgIpc) is 2.36. The smallest absolute Gasteiger partial charge is 0.251 e. The van der Waals surface area contributed by atoms with Gasteiger partial charge in [-0.1, -0.05) is 6.07 Å². The lowest BCUT2D eigenvalue weighted by Crippen LogP contribution is -2.23. The van der Waals surface area contributed by atoms with Gasteiger partial charge in [0.2, 0.25) is 10.0 Å². The van der Waals surface area contributed by atoms with Gasteiger partial charge in [-0.3, -0.25) is 9.52 Å². The molecule has 0 atom stereocenters. The standard InChI is InChI=1S/C12H17ClN2O3S/c1-2-14-12(16)10-5-3-6-11(9-10)15-19(17,18)8-4-7-13/h3,5-6,9,15H,2,4,7-8H2,1H3,(H,14,16). The molecule has 0 saturated carbocycles. The molecule has 0 spiro atoms. The molecule has 0 bridgehead atoms. The van der Waals surface area contributed by atoms with Crippen molar-refractivity contribution in [2.45, 2.75) is 13.3 Å². The van der Waals surface area contributed by atoms with Crippen LogP contribution in [0.4, 0.5) is 5.69 Å². The summed E-state index contributed by atoms with van der Waals surface area (Å²) < 4.78 is 25.8. The van der Waals surface area contributed by atoms with Crippen molar-refractivity contribution >= 4 is 33.2 Å². The molecule has 0 unspecified atom stereocenters. The first kappa shape index (κ1) is 15.8. The predicted octanol–water partition coefficient (Wildman–Crippen LogP) is 1.81. The molecule has 0 heterocycles. The van der Waals surface area contributed by atoms with Crippen molar-refractivity contribution in [3.05, 3.63) is 29.8 Å². The molecule has 106 valence electrons. The Hall–Kier alpha value is -1.27. The minimum Gasteiger partial charge on any atom is -0.352 e. The fraction of sp³-hybridized carbons (Fsp3) is 0.417. The van der Waals surface area contributed by atoms with E-state index in [1.54, 1.807) is 18.2 Å². The molecule has 0 aliphatic heterocycles. The number of hydrogen-bond donors (Lipinski definition) is 2. The van der Waals surface area contributed by atoms with Gasteiger partial charge in [0.05, 0.1) is 5.75 Å². The quantitative estimate of drug-likeness (QED) is 0.754. The maximum absolute atomic E-state index is 11.7. The van der Waals surface area contributed by atoms with Crippen LogP contribution in [0.1, 0.15) is 23.7 Å². The van der Waals surface area contributed by atoms with Gasteiger partial charge in [0.1, 0.15) is 0 Å². The lowest BCUT2D eigenvalue weighted by molar-refractivity contribution is 0.0956. The fourth-order valence-corrected chi connectivity index (χ4v) is 2.87. The second-order valence-electron chi connectivity index (χ2n) is 3.90. The van der Waals surface area contributed by atoms with Crippen LogP contribution in [0.25, 0.3) is 0 Å². The topological polar surface area (TPSA) is 75.3 Å². The number of halogens is 1. The number of carbonyl (C=O) groups is 1. The highest BCUT2D eigenvalue weighted by Gasteiger charge is 2.11. The molecule has 0 aromatic heterocycles. The molecule has 0 radical (unpaired) electrons. The number of amides is 1. The first-order valence-corrected chi connectivity index (χ1v) is 8.12. The summed E-state index contributed by atoms with van der Waals surface area (Å²) in [5, 5.41) is 2.65. The molecule has 1 amide bonds. The third-order valence-electron chi connectivity index (χ3n) is 2.28. The summed E-state index contributed by atoms with van der Waals surface area (Å²) in [5.74, 6) is 0.0196. The van der Waals surface area contributed by atoms with Gasteiger partial charge in [0.15, 0.2) is 0 Å². The van der Waals surface area contributed by atoms with Crippen LogP contribution in [0.15, 0.2) is 24.3 Å². The van der Waals surface area contributed by atoms with E-state index >= 15 is 0 Å². The first-order chi connectivity index (χ1) is 8.98. The number of alkyl halides is 1. The van der Waals surface area contributed by atoms with Gasteiger partial charge in [-0.05, 0) is 31.5 Å². The molecule has 1 rings (SSSR count). The number of benzene rings is 1. The van der Waals surface area contributed by atoms with Gasteiger partial charge < -0.3 is 5.32 Å². The van der Waals surface area contributed by atoms with E-state index < -0.39 is 10.0 Å². The van der Waals surface area contributed by atoms with Crippen LogP contribution in [0.3, 0.4) is 0 Å². The van der Waals surface area contributed by atoms with Crippen LogP contribution in [-0.2, 0) is 10.0 Å². The number of carbonyl (C=O) groups excluding carboxylic acids is 1. The zero-order valence-corrected chi connectivity index (χ0v) is 12.2. The zero-order valence-electron chi connectivity index (χ0n) is 10.6. The molecular formula is C12H17ClN2O3S. The summed E-state index contributed by atoms with van der Waals surface area (Å²) in [6, 6.07) is 6.36. The number of hydrogen-bond acceptors (Lipinski definition) is 3. The highest BCUT2D eigenvalue weighted by atomic mass is 35.5. The lowest BCUT2D eigenvalue weighted by Gasteiger charge is -2.09. The summed E-state index contributed by atoms with van der Waals surface area (Å²) in [6.45, 7) is 2.33. The second kappa shape index (κ2) is 7.35. The summed E-state index contributed by atoms with van der Waals surface area (Å²) in [5.41, 5.74) is 0.790. The van der Waals surface area contributed by atoms with E-state index in [4.69, 9.17) is 11.6 Å². The van der Waals surface area contributed by atoms with Crippen molar-refractivity contribution in [1.82, 2.24) is 5.32 Å². The van der Waals surface area contributed by atoms with Gasteiger partial charge in [-0.15, -0.1) is 11.6 Å². The van der Waals surface area contributed by atoms with Crippen molar-refractivity contribution in [3.8, 4) is 0 Å². The Bertz CT molecular complexity index is 532. The van der Waals surface area contributed by atoms with E-state index in [0.29, 0.717) is 30.1 Å². The van der Waals surface area contributed by atoms with Gasteiger partial charge >= 0.3 is 0 Å². The van der Waals surface area contributed by atoms with Crippen LogP contribution in [-0.4, -0.2) is 32.5 Å². The Balaban J connectivity index is 2.80. The van der Waals surface area contributed by atoms with Gasteiger partial charge in [0.25, 0.3) is 5.91 Å². The Labute approximate surface area is 118 Å². The van der Waals surface area contributed by atoms with Crippen LogP contribution in [0, 0.1) is 0 Å². The maximum Gasteiger partial charge on any atom is 0.251 e. The molecular weight excluding hydrogens is 288 g/mol. The zero-order chi connectivity index (χ0) is 14.3. The van der Waals surface area contributed by atoms with Gasteiger partial charge in [-0.25, -0.2) is 8.42 Å². The van der Waals surface area contributed by atoms with Crippen molar-refractivity contribution < 1.29 is 13.2 Å². The minimum atomic E-state index is -3.42. The average molecular weight is 305 g/mol. The SMILES string of the molecule is CCNC(=O)c1cccc(NS(=O)(=O)CCCCl)c1. The normalized spacial score (nSPS) is 11.1. The largest absolute Gasteiger partial charge is 0.352 e. The van der Waals surface area contributed by atoms with Crippen molar-refractivity contribution in [1.29, 1.82) is 0 Å². The van der Waals surface area contributed by atoms with E-state index in [-0.39, 0.29) is 11.7 Å². The maximum atomic E-state index is 11.7. The molecule has 0 saturated heterocycles. The lowest BCUT2D eigenvalue weighted by atomic mass is 10.2. The highest BCUT2D eigenvalue weighted by molar-refractivity contribution is 7.92. The van der Waals surface area contributed by atoms with Crippen LogP contribution in [0.2, 0.25) is 0 Å². The molecule has 2 N–H and O–H groups in total. The van der Waals surface area contributed by atoms with E-state index in [9.17, 15) is 13.2 Å². The van der Waals surface area contributed by atoms with E-state index in [0.717, 1.165) is 0 Å². The molecule has 5 nitrogen and oxygen atoms in total. The summed E-state index contributed by atoms with van der Waals surface area (Å²) in [4.78, 5) is 11.6. The number of anilines is 1. The van der Waals surface area contributed by atoms with E-state index in [2.05, 4.69) is 10.0 Å². The molecule has 0 aliphatic rings. The molecule has 7 heteroatoms. The predicted molar refractivity (Wildman–Crippen MR) is 77.2 cm³/mol. The van der Waals surface area contributed by atoms with Gasteiger partial charge in [-0.2, -0.15) is 0 Å². The minimum absolute atomic E-state index is 0.0398. The Morgan fingerprint density at radius 1 is 1.37 bits per heavy atom. The second-order valence-corrected chi connectivity index (χ2v) is 6.12. The molecule has 0 aliphatic carbocycles. The van der Waals surface area contributed by atoms with E-state index in [1.807, 2.05) is 6.92 Å². The number of sulfonamides is 1. The number of nitrogens with one attached hydrogen (secondary N) is 2. The molecule has 19 heavy (non-hydrogen) atoms. The van der Waals surface area contributed by atoms with Gasteiger partial charge in [0, 0.05) is 23.7 Å². The van der Waals surface area contributed by atoms with Crippen LogP contribution in [0.5, 0.6) is 0 Å². The molecule has 1 aromatic rings. The first-order valence-electron chi connectivity index (χ1n) is 5.93. The Morgan fingerprint density at radius 3 is 2.74 bits per heavy atom. The monoisotopic (exact) mass is 304 g/mol. The summed E-state index contributed by atoms with van der Waals surface area (Å²) in [7, 11) is -3.42. The molecule has 1 aromatic carbocycles.